The number of hydrogen-bond acceptors (Lipinski definition) is 6. The van der Waals surface area contributed by atoms with Gasteiger partial charge in [-0.1, -0.05) is 24.3 Å². The van der Waals surface area contributed by atoms with Crippen LogP contribution in [0.15, 0.2) is 48.8 Å². The normalized spacial score (nSPS) is 10.9. The van der Waals surface area contributed by atoms with Gasteiger partial charge in [-0.05, 0) is 23.3 Å². The third-order valence-electron chi connectivity index (χ3n) is 3.06. The molecule has 0 spiro atoms. The smallest absolute Gasteiger partial charge is 0.217 e. The van der Waals surface area contributed by atoms with Gasteiger partial charge in [0.05, 0.1) is 13.7 Å². The number of pyridine rings is 1. The summed E-state index contributed by atoms with van der Waals surface area (Å²) in [7, 11) is -1.61. The highest BCUT2D eigenvalue weighted by Gasteiger charge is 1.94. The van der Waals surface area contributed by atoms with Crippen molar-refractivity contribution in [2.75, 3.05) is 13.7 Å². The Balaban J connectivity index is 0.000000487. The number of aromatic nitrogens is 1. The summed E-state index contributed by atoms with van der Waals surface area (Å²) in [6.45, 7) is 0.430. The molecule has 0 unspecified atom stereocenters. The largest absolute Gasteiger partial charge is 0.726 e. The summed E-state index contributed by atoms with van der Waals surface area (Å²) < 4.78 is 38.4. The molecule has 0 aliphatic carbocycles. The second-order valence-corrected chi connectivity index (χ2v) is 6.23. The van der Waals surface area contributed by atoms with E-state index in [9.17, 15) is 17.8 Å². The second-order valence-electron chi connectivity index (χ2n) is 5.08. The molecule has 0 saturated heterocycles. The Morgan fingerprint density at radius 2 is 1.54 bits per heavy atom. The van der Waals surface area contributed by atoms with Gasteiger partial charge in [-0.2, -0.15) is 0 Å². The van der Waals surface area contributed by atoms with Crippen molar-refractivity contribution in [2.45, 2.75) is 6.42 Å². The summed E-state index contributed by atoms with van der Waals surface area (Å²) in [6.07, 6.45) is 9.45. The van der Waals surface area contributed by atoms with E-state index in [0.29, 0.717) is 13.0 Å². The van der Waals surface area contributed by atoms with Crippen LogP contribution in [-0.2, 0) is 26.4 Å². The van der Waals surface area contributed by atoms with Gasteiger partial charge in [0.2, 0.25) is 10.4 Å². The van der Waals surface area contributed by atoms with Crippen LogP contribution in [0.5, 0.6) is 5.75 Å². The first-order valence-electron chi connectivity index (χ1n) is 7.65. The van der Waals surface area contributed by atoms with E-state index in [1.165, 1.54) is 0 Å². The SMILES string of the molecule is COS(=O)(=O)[O-].C[n+]1ccc(C=Cc2ccc(OCCC=O)cc2)cc1. The third-order valence-corrected chi connectivity index (χ3v) is 3.47. The van der Waals surface area contributed by atoms with Crippen molar-refractivity contribution in [3.05, 3.63) is 59.9 Å². The Kier molecular flexibility index (Phi) is 9.21. The van der Waals surface area contributed by atoms with Crippen LogP contribution in [-0.4, -0.2) is 33.0 Å². The molecule has 8 heteroatoms. The van der Waals surface area contributed by atoms with Crippen molar-refractivity contribution in [2.24, 2.45) is 7.05 Å². The Bertz CT molecular complexity index is 799. The van der Waals surface area contributed by atoms with Gasteiger partial charge in [-0.3, -0.25) is 4.18 Å². The van der Waals surface area contributed by atoms with E-state index in [4.69, 9.17) is 4.74 Å². The van der Waals surface area contributed by atoms with Crippen molar-refractivity contribution in [3.63, 3.8) is 0 Å². The monoisotopic (exact) mass is 379 g/mol. The highest BCUT2D eigenvalue weighted by atomic mass is 32.3. The average molecular weight is 379 g/mol. The van der Waals surface area contributed by atoms with E-state index >= 15 is 0 Å². The number of rotatable bonds is 7. The first-order valence-corrected chi connectivity index (χ1v) is 8.98. The number of aldehydes is 1. The lowest BCUT2D eigenvalue weighted by Crippen LogP contribution is -2.25. The lowest BCUT2D eigenvalue weighted by atomic mass is 10.1. The molecule has 2 rings (SSSR count). The van der Waals surface area contributed by atoms with Gasteiger partial charge in [0.15, 0.2) is 12.4 Å². The van der Waals surface area contributed by atoms with Crippen LogP contribution in [0.3, 0.4) is 0 Å². The molecule has 0 aliphatic heterocycles. The fraction of sp³-hybridized carbons (Fsp3) is 0.222. The summed E-state index contributed by atoms with van der Waals surface area (Å²) >= 11 is 0. The predicted molar refractivity (Wildman–Crippen MR) is 95.9 cm³/mol. The van der Waals surface area contributed by atoms with Gasteiger partial charge >= 0.3 is 0 Å². The van der Waals surface area contributed by atoms with Crippen molar-refractivity contribution in [1.29, 1.82) is 0 Å². The fourth-order valence-electron chi connectivity index (χ4n) is 1.72. The maximum absolute atomic E-state index is 10.2. The van der Waals surface area contributed by atoms with Gasteiger partial charge in [-0.15, -0.1) is 0 Å². The Morgan fingerprint density at radius 3 is 2.00 bits per heavy atom. The first kappa shape index (κ1) is 21.5. The van der Waals surface area contributed by atoms with Crippen molar-refractivity contribution in [3.8, 4) is 5.75 Å². The van der Waals surface area contributed by atoms with Crippen LogP contribution in [0.2, 0.25) is 0 Å². The molecule has 7 nitrogen and oxygen atoms in total. The maximum atomic E-state index is 10.2. The van der Waals surface area contributed by atoms with Gasteiger partial charge in [-0.25, -0.2) is 13.0 Å². The van der Waals surface area contributed by atoms with Crippen molar-refractivity contribution in [1.82, 2.24) is 0 Å². The summed E-state index contributed by atoms with van der Waals surface area (Å²) in [4.78, 5) is 10.2. The molecule has 0 aliphatic rings. The molecule has 1 heterocycles. The Hall–Kier alpha value is -2.55. The zero-order chi connectivity index (χ0) is 19.4. The number of carbonyl (C=O) groups excluding carboxylic acids is 1. The molecule has 0 N–H and O–H groups in total. The average Bonchev–Trinajstić information content (AvgIpc) is 2.62. The second kappa shape index (κ2) is 11.1. The molecule has 0 amide bonds. The van der Waals surface area contributed by atoms with Crippen LogP contribution in [0.4, 0.5) is 0 Å². The van der Waals surface area contributed by atoms with Gasteiger partial charge in [0.1, 0.15) is 19.1 Å². The number of hydrogen-bond donors (Lipinski definition) is 0. The van der Waals surface area contributed by atoms with Gasteiger partial charge in [0.25, 0.3) is 0 Å². The summed E-state index contributed by atoms with van der Waals surface area (Å²) in [6, 6.07) is 11.9. The number of ether oxygens (including phenoxy) is 1. The van der Waals surface area contributed by atoms with Crippen molar-refractivity contribution >= 4 is 28.8 Å². The van der Waals surface area contributed by atoms with Crippen LogP contribution in [0, 0.1) is 0 Å². The van der Waals surface area contributed by atoms with Gasteiger partial charge < -0.3 is 14.1 Å². The minimum Gasteiger partial charge on any atom is -0.726 e. The quantitative estimate of drug-likeness (QED) is 0.239. The minimum atomic E-state index is -4.41. The number of carbonyl (C=O) groups is 1. The lowest BCUT2D eigenvalue weighted by molar-refractivity contribution is -0.671. The number of aryl methyl sites for hydroxylation is 1. The molecule has 1 aromatic carbocycles. The zero-order valence-electron chi connectivity index (χ0n) is 14.6. The van der Waals surface area contributed by atoms with E-state index in [1.807, 2.05) is 48.3 Å². The molecule has 0 radical (unpaired) electrons. The van der Waals surface area contributed by atoms with E-state index in [0.717, 1.165) is 30.3 Å². The van der Waals surface area contributed by atoms with Gasteiger partial charge in [0, 0.05) is 18.6 Å². The summed E-state index contributed by atoms with van der Waals surface area (Å²) in [5, 5.41) is 0. The first-order chi connectivity index (χ1) is 12.3. The van der Waals surface area contributed by atoms with E-state index < -0.39 is 10.4 Å². The maximum Gasteiger partial charge on any atom is 0.217 e. The number of nitrogens with zero attached hydrogens (tertiary/aromatic N) is 1. The van der Waals surface area contributed by atoms with Crippen LogP contribution < -0.4 is 9.30 Å². The topological polar surface area (TPSA) is 96.6 Å². The standard InChI is InChI=1S/C17H18NO2.CH4O4S/c1-18-11-9-16(10-12-18)4-3-15-5-7-17(8-6-15)20-14-2-13-19;1-5-6(2,3)4/h3-13H,2,14H2,1H3;1H3,(H,2,3,4)/q+1;/p-1. The highest BCUT2D eigenvalue weighted by molar-refractivity contribution is 7.80. The van der Waals surface area contributed by atoms with E-state index in [2.05, 4.69) is 28.5 Å². The Labute approximate surface area is 153 Å². The highest BCUT2D eigenvalue weighted by Crippen LogP contribution is 2.14. The molecular formula is C18H21NO6S. The zero-order valence-corrected chi connectivity index (χ0v) is 15.4. The van der Waals surface area contributed by atoms with Crippen molar-refractivity contribution < 1.29 is 31.3 Å². The molecule has 0 bridgehead atoms. The molecule has 0 saturated carbocycles. The minimum absolute atomic E-state index is 0.424. The molecule has 0 atom stereocenters. The molecule has 1 aromatic heterocycles. The summed E-state index contributed by atoms with van der Waals surface area (Å²) in [5.74, 6) is 0.788. The number of benzene rings is 1. The van der Waals surface area contributed by atoms with Crippen LogP contribution in [0.1, 0.15) is 17.5 Å². The van der Waals surface area contributed by atoms with Crippen LogP contribution in [0.25, 0.3) is 12.2 Å². The van der Waals surface area contributed by atoms with Crippen LogP contribution >= 0.6 is 0 Å². The molecular weight excluding hydrogens is 358 g/mol. The van der Waals surface area contributed by atoms with E-state index in [-0.39, 0.29) is 0 Å². The molecule has 26 heavy (non-hydrogen) atoms. The summed E-state index contributed by atoms with van der Waals surface area (Å²) in [5.41, 5.74) is 2.27. The van der Waals surface area contributed by atoms with E-state index in [1.54, 1.807) is 0 Å². The molecule has 140 valence electrons. The molecule has 2 aromatic rings. The third kappa shape index (κ3) is 9.67. The lowest BCUT2D eigenvalue weighted by Gasteiger charge is -2.03. The molecule has 0 fully saturated rings. The Morgan fingerprint density at radius 1 is 1.04 bits per heavy atom. The fourth-order valence-corrected chi connectivity index (χ4v) is 1.72. The predicted octanol–water partition coefficient (Wildman–Crippen LogP) is 1.74.